The first-order valence-corrected chi connectivity index (χ1v) is 4.67. The number of methoxy groups -OCH3 is 1. The molecular formula is C8H7BrClNO2. The fraction of sp³-hybridized carbons (Fsp3) is 0.250. The minimum absolute atomic E-state index is 0.206. The van der Waals surface area contributed by atoms with Gasteiger partial charge in [0.25, 0.3) is 0 Å². The van der Waals surface area contributed by atoms with Crippen LogP contribution >= 0.6 is 27.5 Å². The molecule has 13 heavy (non-hydrogen) atoms. The van der Waals surface area contributed by atoms with Crippen LogP contribution in [0, 0.1) is 0 Å². The summed E-state index contributed by atoms with van der Waals surface area (Å²) in [5.41, 5.74) is 0.777. The summed E-state index contributed by atoms with van der Waals surface area (Å²) in [6.45, 7) is 0. The number of carbonyl (C=O) groups excluding carboxylic acids is 1. The van der Waals surface area contributed by atoms with E-state index in [4.69, 9.17) is 11.6 Å². The van der Waals surface area contributed by atoms with Gasteiger partial charge in [-0.2, -0.15) is 0 Å². The maximum atomic E-state index is 10.9. The quantitative estimate of drug-likeness (QED) is 0.607. The predicted molar refractivity (Wildman–Crippen MR) is 52.7 cm³/mol. The third-order valence-electron chi connectivity index (χ3n) is 1.40. The normalized spacial score (nSPS) is 9.77. The van der Waals surface area contributed by atoms with Gasteiger partial charge in [-0.15, -0.1) is 0 Å². The highest BCUT2D eigenvalue weighted by Crippen LogP contribution is 2.15. The zero-order valence-electron chi connectivity index (χ0n) is 6.88. The zero-order chi connectivity index (χ0) is 9.84. The lowest BCUT2D eigenvalue weighted by Gasteiger charge is -2.00. The summed E-state index contributed by atoms with van der Waals surface area (Å²) in [4.78, 5) is 14.8. The zero-order valence-corrected chi connectivity index (χ0v) is 9.22. The van der Waals surface area contributed by atoms with E-state index in [9.17, 15) is 4.79 Å². The molecule has 1 aromatic heterocycles. The number of esters is 1. The van der Waals surface area contributed by atoms with E-state index in [1.54, 1.807) is 12.1 Å². The van der Waals surface area contributed by atoms with E-state index in [2.05, 4.69) is 25.7 Å². The number of halogens is 2. The Hall–Kier alpha value is -0.610. The standard InChI is InChI=1S/C8H7BrClNO2/c1-13-8(12)4-5-2-6(9)11-7(10)3-5/h2-3H,4H2,1H3. The summed E-state index contributed by atoms with van der Waals surface area (Å²) >= 11 is 8.86. The lowest BCUT2D eigenvalue weighted by atomic mass is 10.2. The molecule has 0 unspecified atom stereocenters. The summed E-state index contributed by atoms with van der Waals surface area (Å²) in [6.07, 6.45) is 0.206. The van der Waals surface area contributed by atoms with Crippen LogP contribution < -0.4 is 0 Å². The number of hydrogen-bond donors (Lipinski definition) is 0. The second-order valence-electron chi connectivity index (χ2n) is 2.37. The van der Waals surface area contributed by atoms with E-state index in [0.29, 0.717) is 9.76 Å². The van der Waals surface area contributed by atoms with Gasteiger partial charge in [0.15, 0.2) is 0 Å². The minimum atomic E-state index is -0.297. The highest BCUT2D eigenvalue weighted by Gasteiger charge is 2.05. The molecule has 1 aromatic rings. The van der Waals surface area contributed by atoms with Gasteiger partial charge in [-0.25, -0.2) is 4.98 Å². The van der Waals surface area contributed by atoms with Gasteiger partial charge in [-0.1, -0.05) is 11.6 Å². The van der Waals surface area contributed by atoms with E-state index < -0.39 is 0 Å². The van der Waals surface area contributed by atoms with Crippen LogP contribution in [0.5, 0.6) is 0 Å². The Morgan fingerprint density at radius 3 is 2.92 bits per heavy atom. The molecular weight excluding hydrogens is 257 g/mol. The van der Waals surface area contributed by atoms with E-state index >= 15 is 0 Å². The van der Waals surface area contributed by atoms with Crippen LogP contribution in [0.2, 0.25) is 5.15 Å². The SMILES string of the molecule is COC(=O)Cc1cc(Cl)nc(Br)c1. The molecule has 3 nitrogen and oxygen atoms in total. The Labute approximate surface area is 89.2 Å². The van der Waals surface area contributed by atoms with Crippen molar-refractivity contribution in [3.05, 3.63) is 27.5 Å². The molecule has 0 bridgehead atoms. The highest BCUT2D eigenvalue weighted by molar-refractivity contribution is 9.10. The molecule has 0 N–H and O–H groups in total. The lowest BCUT2D eigenvalue weighted by molar-refractivity contribution is -0.139. The molecule has 0 spiro atoms. The number of nitrogens with zero attached hydrogens (tertiary/aromatic N) is 1. The molecule has 0 radical (unpaired) electrons. The number of hydrogen-bond acceptors (Lipinski definition) is 3. The second kappa shape index (κ2) is 4.58. The highest BCUT2D eigenvalue weighted by atomic mass is 79.9. The average Bonchev–Trinajstić information content (AvgIpc) is 2.02. The summed E-state index contributed by atoms with van der Waals surface area (Å²) < 4.78 is 5.13. The Morgan fingerprint density at radius 2 is 2.38 bits per heavy atom. The van der Waals surface area contributed by atoms with Gasteiger partial charge in [-0.3, -0.25) is 4.79 Å². The first-order chi connectivity index (χ1) is 6.11. The Morgan fingerprint density at radius 1 is 1.69 bits per heavy atom. The summed E-state index contributed by atoms with van der Waals surface area (Å²) in [5.74, 6) is -0.297. The van der Waals surface area contributed by atoms with Gasteiger partial charge in [0, 0.05) is 0 Å². The molecule has 0 amide bonds. The molecule has 0 aromatic carbocycles. The Bertz CT molecular complexity index is 310. The van der Waals surface area contributed by atoms with E-state index in [-0.39, 0.29) is 12.4 Å². The van der Waals surface area contributed by atoms with Gasteiger partial charge >= 0.3 is 5.97 Å². The van der Waals surface area contributed by atoms with Crippen molar-refractivity contribution < 1.29 is 9.53 Å². The molecule has 0 atom stereocenters. The molecule has 0 aliphatic rings. The lowest BCUT2D eigenvalue weighted by Crippen LogP contribution is -2.04. The van der Waals surface area contributed by atoms with E-state index in [0.717, 1.165) is 5.56 Å². The number of rotatable bonds is 2. The summed E-state index contributed by atoms with van der Waals surface area (Å²) in [5, 5.41) is 0.355. The van der Waals surface area contributed by atoms with Crippen LogP contribution in [0.1, 0.15) is 5.56 Å². The first-order valence-electron chi connectivity index (χ1n) is 3.50. The van der Waals surface area contributed by atoms with Crippen LogP contribution in [0.25, 0.3) is 0 Å². The molecule has 0 aliphatic heterocycles. The third-order valence-corrected chi connectivity index (χ3v) is 2.00. The maximum Gasteiger partial charge on any atom is 0.309 e. The molecule has 5 heteroatoms. The number of ether oxygens (including phenoxy) is 1. The summed E-state index contributed by atoms with van der Waals surface area (Å²) in [6, 6.07) is 3.35. The van der Waals surface area contributed by atoms with Crippen molar-refractivity contribution >= 4 is 33.5 Å². The average molecular weight is 265 g/mol. The molecule has 0 saturated heterocycles. The van der Waals surface area contributed by atoms with Crippen LogP contribution in [0.15, 0.2) is 16.7 Å². The largest absolute Gasteiger partial charge is 0.469 e. The van der Waals surface area contributed by atoms with Gasteiger partial charge in [-0.05, 0) is 33.6 Å². The maximum absolute atomic E-state index is 10.9. The monoisotopic (exact) mass is 263 g/mol. The number of aromatic nitrogens is 1. The molecule has 1 rings (SSSR count). The first kappa shape index (κ1) is 10.5. The van der Waals surface area contributed by atoms with Gasteiger partial charge < -0.3 is 4.74 Å². The molecule has 70 valence electrons. The summed E-state index contributed by atoms with van der Waals surface area (Å²) in [7, 11) is 1.35. The van der Waals surface area contributed by atoms with E-state index in [1.807, 2.05) is 0 Å². The third kappa shape index (κ3) is 3.32. The van der Waals surface area contributed by atoms with Crippen molar-refractivity contribution in [3.8, 4) is 0 Å². The fourth-order valence-electron chi connectivity index (χ4n) is 0.855. The Kier molecular flexibility index (Phi) is 3.69. The predicted octanol–water partition coefficient (Wildman–Crippen LogP) is 2.21. The number of carbonyl (C=O) groups is 1. The molecule has 0 saturated carbocycles. The smallest absolute Gasteiger partial charge is 0.309 e. The Balaban J connectivity index is 2.83. The van der Waals surface area contributed by atoms with Crippen molar-refractivity contribution in [1.82, 2.24) is 4.98 Å². The van der Waals surface area contributed by atoms with Crippen LogP contribution in [0.3, 0.4) is 0 Å². The van der Waals surface area contributed by atoms with Crippen LogP contribution in [-0.4, -0.2) is 18.1 Å². The van der Waals surface area contributed by atoms with Crippen LogP contribution in [-0.2, 0) is 16.0 Å². The number of pyridine rings is 1. The molecule has 0 aliphatic carbocycles. The minimum Gasteiger partial charge on any atom is -0.469 e. The van der Waals surface area contributed by atoms with Crippen molar-refractivity contribution in [2.45, 2.75) is 6.42 Å². The molecule has 0 fully saturated rings. The second-order valence-corrected chi connectivity index (χ2v) is 3.57. The van der Waals surface area contributed by atoms with Crippen molar-refractivity contribution in [1.29, 1.82) is 0 Å². The van der Waals surface area contributed by atoms with Gasteiger partial charge in [0.05, 0.1) is 13.5 Å². The van der Waals surface area contributed by atoms with Crippen molar-refractivity contribution in [2.75, 3.05) is 7.11 Å². The van der Waals surface area contributed by atoms with Crippen molar-refractivity contribution in [2.24, 2.45) is 0 Å². The van der Waals surface area contributed by atoms with Gasteiger partial charge in [0.1, 0.15) is 9.76 Å². The van der Waals surface area contributed by atoms with Crippen LogP contribution in [0.4, 0.5) is 0 Å². The van der Waals surface area contributed by atoms with E-state index in [1.165, 1.54) is 7.11 Å². The molecule has 1 heterocycles. The van der Waals surface area contributed by atoms with Gasteiger partial charge in [0.2, 0.25) is 0 Å². The topological polar surface area (TPSA) is 39.2 Å². The fourth-order valence-corrected chi connectivity index (χ4v) is 1.67. The van der Waals surface area contributed by atoms with Crippen molar-refractivity contribution in [3.63, 3.8) is 0 Å².